The molecule has 2 heterocycles. The summed E-state index contributed by atoms with van der Waals surface area (Å²) in [6.45, 7) is 3.97. The fourth-order valence-electron chi connectivity index (χ4n) is 5.54. The monoisotopic (exact) mass is 592 g/mol. The van der Waals surface area contributed by atoms with E-state index in [2.05, 4.69) is 24.8 Å². The van der Waals surface area contributed by atoms with E-state index in [0.29, 0.717) is 49.5 Å². The molecule has 1 aromatic carbocycles. The van der Waals surface area contributed by atoms with Gasteiger partial charge in [0.15, 0.2) is 6.29 Å². The topological polar surface area (TPSA) is 126 Å². The summed E-state index contributed by atoms with van der Waals surface area (Å²) < 4.78 is 11.9. The van der Waals surface area contributed by atoms with Crippen molar-refractivity contribution in [3.05, 3.63) is 28.8 Å². The molecule has 4 unspecified atom stereocenters. The van der Waals surface area contributed by atoms with E-state index in [9.17, 15) is 19.2 Å². The first kappa shape index (κ1) is 30.4. The number of carbonyl (C=O) groups excluding carboxylic acids is 4. The average molecular weight is 593 g/mol. The van der Waals surface area contributed by atoms with Crippen LogP contribution >= 0.6 is 20.5 Å². The van der Waals surface area contributed by atoms with Crippen molar-refractivity contribution in [3.63, 3.8) is 0 Å². The third-order valence-corrected chi connectivity index (χ3v) is 8.27. The Labute approximate surface area is 242 Å². The maximum Gasteiger partial charge on any atom is 0.251 e. The normalized spacial score (nSPS) is 24.0. The maximum absolute atomic E-state index is 13.3. The number of ether oxygens (including phenoxy) is 2. The van der Waals surface area contributed by atoms with Crippen LogP contribution in [0.5, 0.6) is 0 Å². The lowest BCUT2D eigenvalue weighted by Crippen LogP contribution is -2.54. The van der Waals surface area contributed by atoms with Gasteiger partial charge >= 0.3 is 0 Å². The van der Waals surface area contributed by atoms with Crippen molar-refractivity contribution in [2.75, 3.05) is 18.5 Å². The molecule has 2 aliphatic heterocycles. The number of hydrogen-bond acceptors (Lipinski definition) is 6. The molecule has 3 fully saturated rings. The molecule has 3 N–H and O–H groups in total. The molecule has 1 aliphatic carbocycles. The highest BCUT2D eigenvalue weighted by atomic mass is 35.5. The van der Waals surface area contributed by atoms with Crippen LogP contribution in [0.15, 0.2) is 18.2 Å². The van der Waals surface area contributed by atoms with Crippen molar-refractivity contribution >= 4 is 55.3 Å². The van der Waals surface area contributed by atoms with E-state index in [4.69, 9.17) is 21.1 Å². The van der Waals surface area contributed by atoms with Crippen molar-refractivity contribution < 1.29 is 28.7 Å². The van der Waals surface area contributed by atoms with Gasteiger partial charge in [0.05, 0.1) is 28.8 Å². The molecule has 1 aromatic rings. The molecular formula is C28H38ClN4O6P. The van der Waals surface area contributed by atoms with Gasteiger partial charge in [-0.3, -0.25) is 19.2 Å². The first-order valence-corrected chi connectivity index (χ1v) is 14.8. The lowest BCUT2D eigenvalue weighted by atomic mass is 9.90. The van der Waals surface area contributed by atoms with Gasteiger partial charge in [-0.2, -0.15) is 0 Å². The van der Waals surface area contributed by atoms with Crippen molar-refractivity contribution in [2.45, 2.75) is 89.6 Å². The van der Waals surface area contributed by atoms with Crippen LogP contribution < -0.4 is 16.0 Å². The minimum Gasteiger partial charge on any atom is -0.350 e. The lowest BCUT2D eigenvalue weighted by molar-refractivity contribution is -0.142. The minimum atomic E-state index is -0.863. The number of hydrogen-bond donors (Lipinski definition) is 3. The van der Waals surface area contributed by atoms with Crippen LogP contribution in [0.1, 0.15) is 75.6 Å². The SMILES string of the molecule is CC(=O)Nc1ccc(C(=O)NC(C)C(=O)N2CCCC2C(=O)NC2CC(=P)OC2OCC2CCCCC2)cc1Cl. The van der Waals surface area contributed by atoms with E-state index in [0.717, 1.165) is 12.8 Å². The van der Waals surface area contributed by atoms with Crippen LogP contribution in [0.4, 0.5) is 5.69 Å². The van der Waals surface area contributed by atoms with Gasteiger partial charge in [0.2, 0.25) is 17.7 Å². The van der Waals surface area contributed by atoms with Crippen LogP contribution in [0.3, 0.4) is 0 Å². The molecule has 1 saturated carbocycles. The Morgan fingerprint density at radius 3 is 2.60 bits per heavy atom. The molecule has 12 heteroatoms. The molecule has 10 nitrogen and oxygen atoms in total. The standard InChI is InChI=1S/C28H38ClN4O6P/c1-16(30-25(35)19-10-11-21(20(29)13-19)31-17(2)34)27(37)33-12-6-9-23(33)26(36)32-22-14-24(40)39-28(22)38-15-18-7-4-3-5-8-18/h10-11,13,16,18,22-23,28,40H,3-9,12,14-15H2,1-2H3,(H,30,35)(H,31,34)(H,32,36). The smallest absolute Gasteiger partial charge is 0.251 e. The summed E-state index contributed by atoms with van der Waals surface area (Å²) in [5, 5.41) is 8.52. The van der Waals surface area contributed by atoms with Crippen molar-refractivity contribution in [3.8, 4) is 0 Å². The first-order valence-electron chi connectivity index (χ1n) is 14.0. The number of rotatable bonds is 9. The molecule has 0 aromatic heterocycles. The van der Waals surface area contributed by atoms with Gasteiger partial charge in [-0.05, 0) is 56.7 Å². The molecule has 3 aliphatic rings. The minimum absolute atomic E-state index is 0.207. The Balaban J connectivity index is 1.32. The Bertz CT molecular complexity index is 1140. The highest BCUT2D eigenvalue weighted by Gasteiger charge is 2.40. The quantitative estimate of drug-likeness (QED) is 0.377. The molecule has 40 heavy (non-hydrogen) atoms. The summed E-state index contributed by atoms with van der Waals surface area (Å²) in [6, 6.07) is 2.61. The van der Waals surface area contributed by atoms with E-state index < -0.39 is 24.3 Å². The second-order valence-electron chi connectivity index (χ2n) is 10.8. The molecule has 2 saturated heterocycles. The third-order valence-electron chi connectivity index (χ3n) is 7.64. The van der Waals surface area contributed by atoms with Crippen molar-refractivity contribution in [1.82, 2.24) is 15.5 Å². The van der Waals surface area contributed by atoms with Gasteiger partial charge in [-0.25, -0.2) is 0 Å². The van der Waals surface area contributed by atoms with E-state index in [1.54, 1.807) is 6.92 Å². The number of amides is 4. The van der Waals surface area contributed by atoms with Crippen molar-refractivity contribution in [2.24, 2.45) is 5.92 Å². The number of anilines is 1. The first-order chi connectivity index (χ1) is 19.1. The molecule has 218 valence electrons. The number of benzene rings is 1. The largest absolute Gasteiger partial charge is 0.350 e. The Kier molecular flexibility index (Phi) is 10.6. The van der Waals surface area contributed by atoms with Gasteiger partial charge in [-0.15, -0.1) is 0 Å². The molecule has 4 rings (SSSR count). The molecule has 0 bridgehead atoms. The summed E-state index contributed by atoms with van der Waals surface area (Å²) >= 11 is 6.19. The summed E-state index contributed by atoms with van der Waals surface area (Å²) in [5.41, 5.74) is 1.26. The van der Waals surface area contributed by atoms with Gasteiger partial charge < -0.3 is 30.3 Å². The Morgan fingerprint density at radius 2 is 1.90 bits per heavy atom. The lowest BCUT2D eigenvalue weighted by Gasteiger charge is -2.29. The zero-order valence-electron chi connectivity index (χ0n) is 23.0. The highest BCUT2D eigenvalue weighted by molar-refractivity contribution is 7.20. The fourth-order valence-corrected chi connectivity index (χ4v) is 6.10. The fraction of sp³-hybridized carbons (Fsp3) is 0.607. The molecule has 4 atom stereocenters. The number of nitrogens with one attached hydrogen (secondary N) is 3. The third kappa shape index (κ3) is 7.81. The van der Waals surface area contributed by atoms with Crippen LogP contribution in [0, 0.1) is 5.92 Å². The van der Waals surface area contributed by atoms with Crippen LogP contribution in [-0.2, 0) is 23.9 Å². The number of halogens is 1. The van der Waals surface area contributed by atoms with Gasteiger partial charge in [0, 0.05) is 25.5 Å². The Hall–Kier alpha value is -2.52. The average Bonchev–Trinajstić information content (AvgIpc) is 3.55. The van der Waals surface area contributed by atoms with Crippen LogP contribution in [0.2, 0.25) is 5.02 Å². The number of likely N-dealkylation sites (tertiary alicyclic amines) is 1. The second-order valence-corrected chi connectivity index (χ2v) is 11.8. The zero-order valence-corrected chi connectivity index (χ0v) is 24.7. The Morgan fingerprint density at radius 1 is 1.15 bits per heavy atom. The van der Waals surface area contributed by atoms with Crippen molar-refractivity contribution in [1.29, 1.82) is 0 Å². The van der Waals surface area contributed by atoms with Gasteiger partial charge in [-0.1, -0.05) is 39.7 Å². The summed E-state index contributed by atoms with van der Waals surface area (Å²) in [6.07, 6.45) is 7.13. The van der Waals surface area contributed by atoms with E-state index in [1.807, 2.05) is 0 Å². The van der Waals surface area contributed by atoms with E-state index >= 15 is 0 Å². The predicted octanol–water partition coefficient (Wildman–Crippen LogP) is 3.51. The maximum atomic E-state index is 13.3. The predicted molar refractivity (Wildman–Crippen MR) is 155 cm³/mol. The van der Waals surface area contributed by atoms with E-state index in [1.165, 1.54) is 49.3 Å². The number of nitrogens with zero attached hydrogens (tertiary/aromatic N) is 1. The van der Waals surface area contributed by atoms with Crippen LogP contribution in [-0.4, -0.2) is 71.6 Å². The second kappa shape index (κ2) is 13.9. The van der Waals surface area contributed by atoms with E-state index in [-0.39, 0.29) is 34.3 Å². The molecule has 0 radical (unpaired) electrons. The van der Waals surface area contributed by atoms with Gasteiger partial charge in [0.1, 0.15) is 12.1 Å². The zero-order chi connectivity index (χ0) is 28.8. The summed E-state index contributed by atoms with van der Waals surface area (Å²) in [4.78, 5) is 52.2. The summed E-state index contributed by atoms with van der Waals surface area (Å²) in [7, 11) is 3.46. The molecule has 4 amide bonds. The highest BCUT2D eigenvalue weighted by Crippen LogP contribution is 2.27. The number of carbonyl (C=O) groups is 4. The summed E-state index contributed by atoms with van der Waals surface area (Å²) in [5.74, 6) is -0.856. The van der Waals surface area contributed by atoms with Crippen LogP contribution in [0.25, 0.3) is 0 Å². The molecular weight excluding hydrogens is 555 g/mol. The van der Waals surface area contributed by atoms with Gasteiger partial charge in [0.25, 0.3) is 5.91 Å². The molecule has 0 spiro atoms.